The van der Waals surface area contributed by atoms with Crippen LogP contribution in [0, 0.1) is 0 Å². The molecule has 1 saturated heterocycles. The maximum Gasteiger partial charge on any atom is 0.369 e. The van der Waals surface area contributed by atoms with Crippen LogP contribution in [0.1, 0.15) is 16.1 Å². The van der Waals surface area contributed by atoms with Gasteiger partial charge in [0.15, 0.2) is 10.9 Å². The van der Waals surface area contributed by atoms with E-state index in [0.29, 0.717) is 11.3 Å². The minimum Gasteiger partial charge on any atom is -0.460 e. The van der Waals surface area contributed by atoms with Gasteiger partial charge in [0.2, 0.25) is 0 Å². The van der Waals surface area contributed by atoms with Crippen LogP contribution in [0.15, 0.2) is 57.5 Å². The summed E-state index contributed by atoms with van der Waals surface area (Å²) >= 11 is 3.59. The number of benzene rings is 1. The molecule has 1 aromatic carbocycles. The van der Waals surface area contributed by atoms with Crippen molar-refractivity contribution in [3.63, 3.8) is 0 Å². The van der Waals surface area contributed by atoms with Gasteiger partial charge >= 0.3 is 17.9 Å². The second kappa shape index (κ2) is 15.2. The van der Waals surface area contributed by atoms with Crippen molar-refractivity contribution in [1.29, 1.82) is 0 Å². The van der Waals surface area contributed by atoms with Gasteiger partial charge in [-0.15, -0.1) is 28.2 Å². The van der Waals surface area contributed by atoms with Gasteiger partial charge in [0.05, 0.1) is 29.2 Å². The van der Waals surface area contributed by atoms with Gasteiger partial charge in [0.1, 0.15) is 36.5 Å². The van der Waals surface area contributed by atoms with E-state index in [4.69, 9.17) is 29.8 Å². The molecule has 3 aromatic rings. The summed E-state index contributed by atoms with van der Waals surface area (Å²) in [7, 11) is 0. The quantitative estimate of drug-likeness (QED) is 0.0680. The number of allylic oxidation sites excluding steroid dienone is 1. The summed E-state index contributed by atoms with van der Waals surface area (Å²) in [6.45, 7) is -1.01. The smallest absolute Gasteiger partial charge is 0.369 e. The monoisotopic (exact) mass is 728 g/mol. The molecule has 0 spiro atoms. The Hall–Kier alpha value is -5.38. The summed E-state index contributed by atoms with van der Waals surface area (Å²) in [5.41, 5.74) is 6.70. The van der Waals surface area contributed by atoms with Crippen molar-refractivity contribution in [3.05, 3.63) is 63.6 Å². The van der Waals surface area contributed by atoms with Gasteiger partial charge in [-0.2, -0.15) is 4.98 Å². The molecule has 4 aliphatic heterocycles. The third-order valence-electron chi connectivity index (χ3n) is 6.83. The van der Waals surface area contributed by atoms with Gasteiger partial charge in [-0.05, 0) is 47.4 Å². The number of nitrogens with two attached hydrogens (primary N) is 1. The zero-order valence-corrected chi connectivity index (χ0v) is 27.3. The minimum atomic E-state index is -0.978. The minimum absolute atomic E-state index is 0.0499. The molecule has 0 aliphatic carbocycles. The van der Waals surface area contributed by atoms with Crippen molar-refractivity contribution in [2.24, 2.45) is 5.16 Å². The van der Waals surface area contributed by atoms with E-state index in [2.05, 4.69) is 30.4 Å². The number of anilines is 1. The third kappa shape index (κ3) is 8.20. The normalized spacial score (nSPS) is 21.1. The first-order chi connectivity index (χ1) is 23.7. The number of rotatable bonds is 9. The first kappa shape index (κ1) is 33.5. The lowest BCUT2D eigenvalue weighted by Gasteiger charge is -2.49. The number of nitrogen functional groups attached to an aromatic ring is 1. The zero-order chi connectivity index (χ0) is 34.3. The third-order valence-corrected chi connectivity index (χ3v) is 9.30. The van der Waals surface area contributed by atoms with E-state index >= 15 is 0 Å². The van der Waals surface area contributed by atoms with Gasteiger partial charge in [-0.3, -0.25) is 24.7 Å². The number of nitrogens with one attached hydrogen (secondary N) is 2. The molecule has 3 unspecified atom stereocenters. The largest absolute Gasteiger partial charge is 0.460 e. The van der Waals surface area contributed by atoms with E-state index in [0.717, 1.165) is 29.1 Å². The highest BCUT2D eigenvalue weighted by molar-refractivity contribution is 8.00. The SMILES string of the molecule is Nc1nc(O/N=C\C(=O)NC2C(=O)N3C(C(=O)OCC4COC(=O)c5ccc(cc5)OOC(=O)CN4)=C(/C=C\c4csnn4)CSC23)cs1. The van der Waals surface area contributed by atoms with Crippen LogP contribution in [0.3, 0.4) is 0 Å². The molecule has 2 amide bonds. The maximum atomic E-state index is 13.7. The Morgan fingerprint density at radius 1 is 1.16 bits per heavy atom. The van der Waals surface area contributed by atoms with Crippen LogP contribution in [-0.4, -0.2) is 98.4 Å². The molecule has 2 bridgehead atoms. The number of carbonyl (C=O) groups is 5. The molecule has 4 aliphatic rings. The Morgan fingerprint density at radius 2 is 2.00 bits per heavy atom. The molecule has 0 radical (unpaired) electrons. The van der Waals surface area contributed by atoms with E-state index in [1.165, 1.54) is 46.3 Å². The topological polar surface area (TPSA) is 236 Å². The maximum absolute atomic E-state index is 13.7. The summed E-state index contributed by atoms with van der Waals surface area (Å²) in [4.78, 5) is 84.2. The second-order valence-electron chi connectivity index (χ2n) is 10.1. The lowest BCUT2D eigenvalue weighted by Crippen LogP contribution is -2.70. The number of amides is 2. The Bertz CT molecular complexity index is 1830. The molecular formula is C28H24N8O10S3. The number of nitrogens with zero attached hydrogens (tertiary/aromatic N) is 5. The first-order valence-electron chi connectivity index (χ1n) is 14.1. The molecular weight excluding hydrogens is 705 g/mol. The second-order valence-corrected chi connectivity index (χ2v) is 12.7. The molecule has 1 fully saturated rings. The molecule has 0 saturated carbocycles. The molecule has 21 heteroatoms. The van der Waals surface area contributed by atoms with Crippen molar-refractivity contribution >= 4 is 81.8 Å². The standard InChI is InChI=1S/C28H24N8O10S3/c29-28-33-20(13-48-28)44-31-7-19(37)32-22-24(39)36-23(15(11-47-25(22)36)1-4-16-12-49-35-34-16)27(41)43-10-17-9-42-26(40)14-2-5-18(6-3-14)45-46-21(38)8-30-17/h1-7,12-13,17,22,25,30H,8-11H2,(H2,29,33)(H,32,37)/b4-1-,31-7-. The van der Waals surface area contributed by atoms with Gasteiger partial charge in [0, 0.05) is 11.1 Å². The number of esters is 2. The van der Waals surface area contributed by atoms with Crippen LogP contribution < -0.4 is 26.1 Å². The Labute approximate surface area is 288 Å². The predicted molar refractivity (Wildman–Crippen MR) is 173 cm³/mol. The van der Waals surface area contributed by atoms with Gasteiger partial charge in [-0.25, -0.2) is 19.3 Å². The highest BCUT2D eigenvalue weighted by Gasteiger charge is 2.54. The highest BCUT2D eigenvalue weighted by Crippen LogP contribution is 2.41. The summed E-state index contributed by atoms with van der Waals surface area (Å²) in [6, 6.07) is 3.91. The number of ether oxygens (including phenoxy) is 2. The summed E-state index contributed by atoms with van der Waals surface area (Å²) in [5, 5.41) is 15.7. The number of aromatic nitrogens is 3. The molecule has 4 N–H and O–H groups in total. The number of hydrogen-bond acceptors (Lipinski definition) is 19. The number of thiazole rings is 1. The van der Waals surface area contributed by atoms with E-state index in [9.17, 15) is 24.0 Å². The van der Waals surface area contributed by atoms with Crippen molar-refractivity contribution in [2.45, 2.75) is 17.5 Å². The van der Waals surface area contributed by atoms with Gasteiger partial charge in [-0.1, -0.05) is 15.7 Å². The van der Waals surface area contributed by atoms with Crippen LogP contribution in [-0.2, 0) is 33.5 Å². The lowest BCUT2D eigenvalue weighted by molar-refractivity contribution is -0.212. The number of hydrogen-bond donors (Lipinski definition) is 3. The summed E-state index contributed by atoms with van der Waals surface area (Å²) < 4.78 is 14.8. The lowest BCUT2D eigenvalue weighted by atomic mass is 10.0. The first-order valence-corrected chi connectivity index (χ1v) is 16.9. The number of thioether (sulfide) groups is 1. The van der Waals surface area contributed by atoms with E-state index in [1.54, 1.807) is 17.5 Å². The molecule has 2 aromatic heterocycles. The van der Waals surface area contributed by atoms with Crippen molar-refractivity contribution in [3.8, 4) is 11.6 Å². The van der Waals surface area contributed by atoms with Crippen molar-refractivity contribution < 1.29 is 48.1 Å². The Morgan fingerprint density at radius 3 is 2.76 bits per heavy atom. The highest BCUT2D eigenvalue weighted by atomic mass is 32.2. The molecule has 49 heavy (non-hydrogen) atoms. The average molecular weight is 729 g/mol. The van der Waals surface area contributed by atoms with Crippen LogP contribution >= 0.6 is 34.6 Å². The van der Waals surface area contributed by atoms with E-state index < -0.39 is 47.2 Å². The number of oxime groups is 1. The molecule has 254 valence electrons. The summed E-state index contributed by atoms with van der Waals surface area (Å²) in [6.07, 6.45) is 4.12. The Kier molecular flexibility index (Phi) is 10.4. The predicted octanol–water partition coefficient (Wildman–Crippen LogP) is 0.518. The van der Waals surface area contributed by atoms with E-state index in [-0.39, 0.29) is 53.5 Å². The molecule has 6 heterocycles. The number of carbonyl (C=O) groups excluding carboxylic acids is 5. The molecule has 7 rings (SSSR count). The molecule has 3 atom stereocenters. The number of fused-ring (bicyclic) bond motifs is 11. The fourth-order valence-electron chi connectivity index (χ4n) is 4.49. The van der Waals surface area contributed by atoms with E-state index in [1.807, 2.05) is 0 Å². The average Bonchev–Trinajstić information content (AvgIpc) is 3.79. The fourth-order valence-corrected chi connectivity index (χ4v) is 6.69. The van der Waals surface area contributed by atoms with Crippen molar-refractivity contribution in [1.82, 2.24) is 30.1 Å². The molecule has 18 nitrogen and oxygen atoms in total. The van der Waals surface area contributed by atoms with Gasteiger partial charge < -0.3 is 25.4 Å². The number of β-lactam (4-membered cyclic amide) rings is 1. The zero-order valence-electron chi connectivity index (χ0n) is 24.9. The fraction of sp³-hybridized carbons (Fsp3) is 0.250. The van der Waals surface area contributed by atoms with Crippen LogP contribution in [0.4, 0.5) is 5.13 Å². The van der Waals surface area contributed by atoms with Crippen LogP contribution in [0.2, 0.25) is 0 Å². The van der Waals surface area contributed by atoms with Crippen LogP contribution in [0.25, 0.3) is 6.08 Å². The van der Waals surface area contributed by atoms with Crippen LogP contribution in [0.5, 0.6) is 11.6 Å². The van der Waals surface area contributed by atoms with Crippen molar-refractivity contribution in [2.75, 3.05) is 31.2 Å². The summed E-state index contributed by atoms with van der Waals surface area (Å²) in [5.74, 6) is -3.01. The van der Waals surface area contributed by atoms with Gasteiger partial charge in [0.25, 0.3) is 17.7 Å². The Balaban J connectivity index is 1.14.